The zero-order valence-electron chi connectivity index (χ0n) is 15.8. The predicted molar refractivity (Wildman–Crippen MR) is 104 cm³/mol. The minimum Gasteiger partial charge on any atom is -0.497 e. The molecule has 4 rings (SSSR count). The van der Waals surface area contributed by atoms with Crippen LogP contribution >= 0.6 is 0 Å². The fourth-order valence-electron chi connectivity index (χ4n) is 4.24. The summed E-state index contributed by atoms with van der Waals surface area (Å²) in [5.74, 6) is 2.77. The number of aromatic nitrogens is 3. The van der Waals surface area contributed by atoms with Gasteiger partial charge in [-0.15, -0.1) is 0 Å². The molecule has 3 aromatic rings. The van der Waals surface area contributed by atoms with E-state index in [4.69, 9.17) is 9.47 Å². The summed E-state index contributed by atoms with van der Waals surface area (Å²) in [7, 11) is 3.44. The predicted octanol–water partition coefficient (Wildman–Crippen LogP) is 4.20. The highest BCUT2D eigenvalue weighted by molar-refractivity contribution is 5.43. The largest absolute Gasteiger partial charge is 0.497 e. The van der Waals surface area contributed by atoms with E-state index < -0.39 is 0 Å². The molecule has 0 bridgehead atoms. The summed E-state index contributed by atoms with van der Waals surface area (Å²) in [6.45, 7) is 0.864. The first-order valence-corrected chi connectivity index (χ1v) is 9.41. The van der Waals surface area contributed by atoms with Gasteiger partial charge in [-0.25, -0.2) is 4.98 Å². The van der Waals surface area contributed by atoms with Crippen molar-refractivity contribution in [2.75, 3.05) is 14.2 Å². The van der Waals surface area contributed by atoms with E-state index in [2.05, 4.69) is 52.5 Å². The van der Waals surface area contributed by atoms with Crippen LogP contribution in [0.2, 0.25) is 0 Å². The van der Waals surface area contributed by atoms with Gasteiger partial charge in [0.15, 0.2) is 0 Å². The number of methoxy groups -OCH3 is 2. The number of fused-ring (bicyclic) bond motifs is 1. The van der Waals surface area contributed by atoms with E-state index in [1.165, 1.54) is 16.7 Å². The molecule has 27 heavy (non-hydrogen) atoms. The fourth-order valence-corrected chi connectivity index (χ4v) is 4.24. The van der Waals surface area contributed by atoms with Crippen molar-refractivity contribution in [3.05, 3.63) is 71.8 Å². The quantitative estimate of drug-likeness (QED) is 0.659. The second kappa shape index (κ2) is 7.82. The second-order valence-corrected chi connectivity index (χ2v) is 7.04. The smallest absolute Gasteiger partial charge is 0.137 e. The van der Waals surface area contributed by atoms with Gasteiger partial charge in [0.1, 0.15) is 24.2 Å². The molecule has 1 aliphatic rings. The van der Waals surface area contributed by atoms with Crippen LogP contribution in [0.15, 0.2) is 55.1 Å². The number of aryl methyl sites for hydroxylation is 2. The van der Waals surface area contributed by atoms with Crippen LogP contribution in [0.25, 0.3) is 0 Å². The molecule has 0 spiro atoms. The van der Waals surface area contributed by atoms with Crippen LogP contribution in [0.1, 0.15) is 41.4 Å². The Hall–Kier alpha value is -2.82. The van der Waals surface area contributed by atoms with Gasteiger partial charge < -0.3 is 9.47 Å². The number of rotatable bonds is 6. The van der Waals surface area contributed by atoms with Crippen LogP contribution in [-0.4, -0.2) is 29.0 Å². The molecule has 1 aliphatic carbocycles. The molecule has 5 nitrogen and oxygen atoms in total. The molecule has 140 valence electrons. The Bertz CT molecular complexity index is 875. The van der Waals surface area contributed by atoms with Gasteiger partial charge in [-0.1, -0.05) is 18.2 Å². The Kier molecular flexibility index (Phi) is 5.10. The van der Waals surface area contributed by atoms with Crippen molar-refractivity contribution in [1.29, 1.82) is 0 Å². The van der Waals surface area contributed by atoms with Gasteiger partial charge in [0.25, 0.3) is 0 Å². The Labute approximate surface area is 160 Å². The van der Waals surface area contributed by atoms with Gasteiger partial charge in [0, 0.05) is 6.54 Å². The molecule has 0 saturated heterocycles. The van der Waals surface area contributed by atoms with E-state index >= 15 is 0 Å². The number of hydrogen-bond acceptors (Lipinski definition) is 4. The van der Waals surface area contributed by atoms with Crippen LogP contribution in [0.3, 0.4) is 0 Å². The van der Waals surface area contributed by atoms with E-state index in [-0.39, 0.29) is 0 Å². The fraction of sp³-hybridized carbons (Fsp3) is 0.364. The molecule has 0 fully saturated rings. The molecule has 1 heterocycles. The zero-order valence-corrected chi connectivity index (χ0v) is 15.8. The average Bonchev–Trinajstić information content (AvgIpc) is 3.25. The molecule has 1 aromatic heterocycles. The maximum Gasteiger partial charge on any atom is 0.137 e. The number of hydrogen-bond donors (Lipinski definition) is 0. The SMILES string of the molecule is COc1ccc(C2CCc3cc(OC)ccc3C2CCn2cncn2)cc1. The van der Waals surface area contributed by atoms with Crippen LogP contribution < -0.4 is 9.47 Å². The molecule has 2 aromatic carbocycles. The third-order valence-corrected chi connectivity index (χ3v) is 5.64. The molecule has 0 saturated carbocycles. The maximum absolute atomic E-state index is 5.44. The van der Waals surface area contributed by atoms with Gasteiger partial charge in [-0.05, 0) is 72.1 Å². The minimum absolute atomic E-state index is 0.442. The third kappa shape index (κ3) is 3.68. The van der Waals surface area contributed by atoms with Crippen LogP contribution in [-0.2, 0) is 13.0 Å². The van der Waals surface area contributed by atoms with Crippen molar-refractivity contribution in [3.8, 4) is 11.5 Å². The Morgan fingerprint density at radius 1 is 1.04 bits per heavy atom. The van der Waals surface area contributed by atoms with Gasteiger partial charge >= 0.3 is 0 Å². The molecular formula is C22H25N3O2. The summed E-state index contributed by atoms with van der Waals surface area (Å²) in [6.07, 6.45) is 6.62. The number of nitrogens with zero attached hydrogens (tertiary/aromatic N) is 3. The van der Waals surface area contributed by atoms with Gasteiger partial charge in [0.2, 0.25) is 0 Å². The highest BCUT2D eigenvalue weighted by atomic mass is 16.5. The minimum atomic E-state index is 0.442. The summed E-state index contributed by atoms with van der Waals surface area (Å²) in [5.41, 5.74) is 4.21. The highest BCUT2D eigenvalue weighted by Crippen LogP contribution is 2.45. The van der Waals surface area contributed by atoms with Crippen LogP contribution in [0, 0.1) is 0 Å². The van der Waals surface area contributed by atoms with E-state index in [0.29, 0.717) is 11.8 Å². The van der Waals surface area contributed by atoms with Gasteiger partial charge in [0.05, 0.1) is 14.2 Å². The Morgan fingerprint density at radius 2 is 1.81 bits per heavy atom. The van der Waals surface area contributed by atoms with Crippen molar-refractivity contribution >= 4 is 0 Å². The van der Waals surface area contributed by atoms with E-state index in [1.54, 1.807) is 26.9 Å². The van der Waals surface area contributed by atoms with Crippen molar-refractivity contribution in [2.24, 2.45) is 0 Å². The molecule has 2 atom stereocenters. The summed E-state index contributed by atoms with van der Waals surface area (Å²) >= 11 is 0. The third-order valence-electron chi connectivity index (χ3n) is 5.64. The summed E-state index contributed by atoms with van der Waals surface area (Å²) in [4.78, 5) is 4.07. The Balaban J connectivity index is 1.65. The standard InChI is InChI=1S/C22H25N3O2/c1-26-18-6-3-16(4-7-18)20-9-5-17-13-19(27-2)8-10-21(17)22(20)11-12-25-15-23-14-24-25/h3-4,6-8,10,13-15,20,22H,5,9,11-12H2,1-2H3. The summed E-state index contributed by atoms with van der Waals surface area (Å²) in [6, 6.07) is 15.1. The Morgan fingerprint density at radius 3 is 2.52 bits per heavy atom. The maximum atomic E-state index is 5.44. The molecule has 0 N–H and O–H groups in total. The number of benzene rings is 2. The average molecular weight is 363 g/mol. The first-order valence-electron chi connectivity index (χ1n) is 9.41. The van der Waals surface area contributed by atoms with Crippen LogP contribution in [0.4, 0.5) is 0 Å². The monoisotopic (exact) mass is 363 g/mol. The number of ether oxygens (including phenoxy) is 2. The molecule has 2 unspecified atom stereocenters. The highest BCUT2D eigenvalue weighted by Gasteiger charge is 2.30. The topological polar surface area (TPSA) is 49.2 Å². The first-order chi connectivity index (χ1) is 13.3. The molecular weight excluding hydrogens is 338 g/mol. The molecule has 5 heteroatoms. The van der Waals surface area contributed by atoms with Crippen molar-refractivity contribution in [1.82, 2.24) is 14.8 Å². The second-order valence-electron chi connectivity index (χ2n) is 7.04. The lowest BCUT2D eigenvalue weighted by Gasteiger charge is -2.34. The summed E-state index contributed by atoms with van der Waals surface area (Å²) in [5, 5.41) is 4.27. The lowest BCUT2D eigenvalue weighted by molar-refractivity contribution is 0.400. The van der Waals surface area contributed by atoms with Crippen molar-refractivity contribution in [2.45, 2.75) is 37.6 Å². The first kappa shape index (κ1) is 17.6. The lowest BCUT2D eigenvalue weighted by Crippen LogP contribution is -2.21. The van der Waals surface area contributed by atoms with E-state index in [1.807, 2.05) is 4.68 Å². The summed E-state index contributed by atoms with van der Waals surface area (Å²) < 4.78 is 12.7. The van der Waals surface area contributed by atoms with Crippen molar-refractivity contribution < 1.29 is 9.47 Å². The van der Waals surface area contributed by atoms with E-state index in [9.17, 15) is 0 Å². The van der Waals surface area contributed by atoms with Crippen molar-refractivity contribution in [3.63, 3.8) is 0 Å². The molecule has 0 amide bonds. The molecule has 0 radical (unpaired) electrons. The molecule has 0 aliphatic heterocycles. The van der Waals surface area contributed by atoms with Crippen LogP contribution in [0.5, 0.6) is 11.5 Å². The van der Waals surface area contributed by atoms with E-state index in [0.717, 1.165) is 37.3 Å². The zero-order chi connectivity index (χ0) is 18.6. The normalized spacial score (nSPS) is 18.7. The van der Waals surface area contributed by atoms with Gasteiger partial charge in [-0.2, -0.15) is 5.10 Å². The van der Waals surface area contributed by atoms with Gasteiger partial charge in [-0.3, -0.25) is 4.68 Å². The lowest BCUT2D eigenvalue weighted by atomic mass is 9.70.